The van der Waals surface area contributed by atoms with Crippen LogP contribution in [0.25, 0.3) is 0 Å². The molecule has 1 rings (SSSR count). The van der Waals surface area contributed by atoms with E-state index in [4.69, 9.17) is 4.74 Å². The monoisotopic (exact) mass is 215 g/mol. The zero-order chi connectivity index (χ0) is 11.1. The van der Waals surface area contributed by atoms with Gasteiger partial charge in [0.2, 0.25) is 0 Å². The first-order valence-electron chi connectivity index (χ1n) is 6.13. The van der Waals surface area contributed by atoms with Gasteiger partial charge in [0, 0.05) is 6.61 Å². The number of nitrogens with one attached hydrogen (secondary N) is 1. The highest BCUT2D eigenvalue weighted by molar-refractivity contribution is 4.83. The lowest BCUT2D eigenvalue weighted by Gasteiger charge is -2.32. The lowest BCUT2D eigenvalue weighted by molar-refractivity contribution is -0.0648. The number of rotatable bonds is 6. The highest BCUT2D eigenvalue weighted by Crippen LogP contribution is 2.18. The third kappa shape index (κ3) is 5.50. The molecule has 0 atom stereocenters. The zero-order valence-corrected chi connectivity index (χ0v) is 10.1. The van der Waals surface area contributed by atoms with Gasteiger partial charge in [-0.3, -0.25) is 0 Å². The Balaban J connectivity index is 2.03. The molecule has 0 amide bonds. The molecule has 0 unspecified atom stereocenters. The van der Waals surface area contributed by atoms with Crippen molar-refractivity contribution in [3.63, 3.8) is 0 Å². The van der Waals surface area contributed by atoms with Crippen LogP contribution in [0.1, 0.15) is 39.5 Å². The Labute approximate surface area is 93.2 Å². The van der Waals surface area contributed by atoms with Crippen LogP contribution >= 0.6 is 0 Å². The van der Waals surface area contributed by atoms with Crippen molar-refractivity contribution in [1.82, 2.24) is 5.32 Å². The van der Waals surface area contributed by atoms with Crippen molar-refractivity contribution < 1.29 is 9.84 Å². The van der Waals surface area contributed by atoms with Crippen molar-refractivity contribution in [2.45, 2.75) is 45.1 Å². The molecule has 1 aliphatic rings. The summed E-state index contributed by atoms with van der Waals surface area (Å²) in [5.41, 5.74) is -0.566. The molecule has 0 saturated carbocycles. The number of hydrogen-bond acceptors (Lipinski definition) is 3. The topological polar surface area (TPSA) is 41.5 Å². The molecule has 1 aliphatic heterocycles. The molecule has 15 heavy (non-hydrogen) atoms. The average molecular weight is 215 g/mol. The highest BCUT2D eigenvalue weighted by atomic mass is 16.5. The summed E-state index contributed by atoms with van der Waals surface area (Å²) in [6.07, 6.45) is 3.94. The Morgan fingerprint density at radius 3 is 2.60 bits per heavy atom. The fourth-order valence-electron chi connectivity index (χ4n) is 1.89. The Hall–Kier alpha value is -0.120. The Kier molecular flexibility index (Phi) is 5.58. The van der Waals surface area contributed by atoms with Gasteiger partial charge in [0.15, 0.2) is 0 Å². The van der Waals surface area contributed by atoms with E-state index < -0.39 is 5.60 Å². The first-order chi connectivity index (χ1) is 7.12. The van der Waals surface area contributed by atoms with Gasteiger partial charge in [-0.05, 0) is 44.7 Å². The Morgan fingerprint density at radius 1 is 1.33 bits per heavy atom. The van der Waals surface area contributed by atoms with E-state index in [1.54, 1.807) is 0 Å². The zero-order valence-electron chi connectivity index (χ0n) is 10.1. The Bertz CT molecular complexity index is 165. The molecular weight excluding hydrogens is 190 g/mol. The predicted molar refractivity (Wildman–Crippen MR) is 61.9 cm³/mol. The summed E-state index contributed by atoms with van der Waals surface area (Å²) in [5, 5.41) is 13.4. The SMILES string of the molecule is CC(C)CCCOCC1(O)CCNCC1. The van der Waals surface area contributed by atoms with E-state index in [0.29, 0.717) is 6.61 Å². The van der Waals surface area contributed by atoms with E-state index >= 15 is 0 Å². The second kappa shape index (κ2) is 6.46. The van der Waals surface area contributed by atoms with E-state index in [1.807, 2.05) is 0 Å². The van der Waals surface area contributed by atoms with E-state index in [-0.39, 0.29) is 0 Å². The van der Waals surface area contributed by atoms with Crippen molar-refractivity contribution in [2.24, 2.45) is 5.92 Å². The van der Waals surface area contributed by atoms with Crippen molar-refractivity contribution in [3.8, 4) is 0 Å². The maximum atomic E-state index is 10.1. The van der Waals surface area contributed by atoms with Crippen LogP contribution in [0.3, 0.4) is 0 Å². The van der Waals surface area contributed by atoms with Crippen LogP contribution in [-0.4, -0.2) is 37.0 Å². The number of aliphatic hydroxyl groups is 1. The Morgan fingerprint density at radius 2 is 2.00 bits per heavy atom. The van der Waals surface area contributed by atoms with Crippen molar-refractivity contribution in [1.29, 1.82) is 0 Å². The third-order valence-electron chi connectivity index (χ3n) is 2.98. The lowest BCUT2D eigenvalue weighted by atomic mass is 9.94. The van der Waals surface area contributed by atoms with Crippen LogP contribution in [0.2, 0.25) is 0 Å². The van der Waals surface area contributed by atoms with Crippen molar-refractivity contribution in [3.05, 3.63) is 0 Å². The summed E-state index contributed by atoms with van der Waals surface area (Å²) in [7, 11) is 0. The average Bonchev–Trinajstić information content (AvgIpc) is 2.17. The summed E-state index contributed by atoms with van der Waals surface area (Å²) < 4.78 is 5.55. The molecule has 1 fully saturated rings. The molecule has 1 saturated heterocycles. The molecule has 3 nitrogen and oxygen atoms in total. The van der Waals surface area contributed by atoms with E-state index in [1.165, 1.54) is 6.42 Å². The summed E-state index contributed by atoms with van der Waals surface area (Å²) >= 11 is 0. The summed E-state index contributed by atoms with van der Waals surface area (Å²) in [5.74, 6) is 0.746. The normalized spacial score (nSPS) is 20.8. The fraction of sp³-hybridized carbons (Fsp3) is 1.00. The lowest BCUT2D eigenvalue weighted by Crippen LogP contribution is -2.45. The smallest absolute Gasteiger partial charge is 0.0904 e. The number of ether oxygens (including phenoxy) is 1. The van der Waals surface area contributed by atoms with Gasteiger partial charge in [-0.2, -0.15) is 0 Å². The molecule has 3 heteroatoms. The summed E-state index contributed by atoms with van der Waals surface area (Å²) in [6.45, 7) is 7.55. The molecule has 0 bridgehead atoms. The molecule has 0 spiro atoms. The predicted octanol–water partition coefficient (Wildman–Crippen LogP) is 1.55. The highest BCUT2D eigenvalue weighted by Gasteiger charge is 2.28. The molecule has 0 aromatic rings. The standard InChI is InChI=1S/C12H25NO2/c1-11(2)4-3-9-15-10-12(14)5-7-13-8-6-12/h11,13-14H,3-10H2,1-2H3. The van der Waals surface area contributed by atoms with Crippen molar-refractivity contribution >= 4 is 0 Å². The minimum absolute atomic E-state index is 0.507. The van der Waals surface area contributed by atoms with Gasteiger partial charge in [0.1, 0.15) is 0 Å². The van der Waals surface area contributed by atoms with Gasteiger partial charge in [0.25, 0.3) is 0 Å². The van der Waals surface area contributed by atoms with Gasteiger partial charge in [-0.1, -0.05) is 13.8 Å². The van der Waals surface area contributed by atoms with Gasteiger partial charge in [-0.15, -0.1) is 0 Å². The maximum absolute atomic E-state index is 10.1. The molecule has 0 aromatic carbocycles. The molecular formula is C12H25NO2. The first kappa shape index (κ1) is 12.9. The summed E-state index contributed by atoms with van der Waals surface area (Å²) in [6, 6.07) is 0. The van der Waals surface area contributed by atoms with Crippen LogP contribution in [0.4, 0.5) is 0 Å². The second-order valence-electron chi connectivity index (χ2n) is 5.06. The van der Waals surface area contributed by atoms with Gasteiger partial charge >= 0.3 is 0 Å². The largest absolute Gasteiger partial charge is 0.387 e. The van der Waals surface area contributed by atoms with E-state index in [9.17, 15) is 5.11 Å². The van der Waals surface area contributed by atoms with Crippen LogP contribution < -0.4 is 5.32 Å². The van der Waals surface area contributed by atoms with E-state index in [2.05, 4.69) is 19.2 Å². The third-order valence-corrected chi connectivity index (χ3v) is 2.98. The van der Waals surface area contributed by atoms with E-state index in [0.717, 1.165) is 44.9 Å². The van der Waals surface area contributed by atoms with Gasteiger partial charge in [0.05, 0.1) is 12.2 Å². The van der Waals surface area contributed by atoms with Crippen LogP contribution in [0.15, 0.2) is 0 Å². The molecule has 0 aromatic heterocycles. The van der Waals surface area contributed by atoms with Crippen LogP contribution in [0, 0.1) is 5.92 Å². The molecule has 90 valence electrons. The fourth-order valence-corrected chi connectivity index (χ4v) is 1.89. The number of piperidine rings is 1. The quantitative estimate of drug-likeness (QED) is 0.661. The minimum Gasteiger partial charge on any atom is -0.387 e. The minimum atomic E-state index is -0.566. The molecule has 1 heterocycles. The second-order valence-corrected chi connectivity index (χ2v) is 5.06. The molecule has 0 radical (unpaired) electrons. The van der Waals surface area contributed by atoms with Crippen molar-refractivity contribution in [2.75, 3.05) is 26.3 Å². The van der Waals surface area contributed by atoms with Crippen LogP contribution in [0.5, 0.6) is 0 Å². The van der Waals surface area contributed by atoms with Gasteiger partial charge in [-0.25, -0.2) is 0 Å². The first-order valence-corrected chi connectivity index (χ1v) is 6.13. The summed E-state index contributed by atoms with van der Waals surface area (Å²) in [4.78, 5) is 0. The molecule has 2 N–H and O–H groups in total. The number of hydrogen-bond donors (Lipinski definition) is 2. The van der Waals surface area contributed by atoms with Gasteiger partial charge < -0.3 is 15.2 Å². The maximum Gasteiger partial charge on any atom is 0.0904 e. The van der Waals surface area contributed by atoms with Crippen LogP contribution in [-0.2, 0) is 4.74 Å². The molecule has 0 aliphatic carbocycles.